The smallest absolute Gasteiger partial charge is 0.114 e. The molecule has 0 amide bonds. The predicted octanol–water partition coefficient (Wildman–Crippen LogP) is 7.63. The standard InChI is InChI=1S/C22H27N3O4.C15H20N6O3/c1-16-20(27-14-17-9-5-3-6-10-17)22(26-2)21(19(29-16)13-24-25-23)28-15-18-11-7-4-8-12-18;1-10-13(19-21-17)15(22-2)14(12(24-10)8-18-20-16)23-9-11-6-4-3-5-7-11/h3-12,16,19-22H,13-15H2,1-2H3;3-7,10,12-15H,8-9H2,1-2H3/t16-,19+,20-,21+,22+;10-,12+,13-,14+,15+/m00/s1. The lowest BCUT2D eigenvalue weighted by Crippen LogP contribution is -2.59. The first-order valence-electron chi connectivity index (χ1n) is 17.3. The number of hydrogen-bond donors (Lipinski definition) is 0. The van der Waals surface area contributed by atoms with Gasteiger partial charge in [-0.25, -0.2) is 0 Å². The van der Waals surface area contributed by atoms with E-state index in [2.05, 4.69) is 30.1 Å². The average Bonchev–Trinajstić information content (AvgIpc) is 3.19. The summed E-state index contributed by atoms with van der Waals surface area (Å²) in [7, 11) is 3.18. The van der Waals surface area contributed by atoms with Gasteiger partial charge in [-0.3, -0.25) is 0 Å². The first-order chi connectivity index (χ1) is 25.9. The SMILES string of the molecule is CO[C@@H]1[C@@H](N=[N+]=[N-])[C@H](C)O[C@H](CN=[N+]=[N-])[C@H]1OCc1ccccc1.CO[C@@H]1[C@@H](OCc2ccccc2)[C@H](C)O[C@H](CN=[N+]=[N-])[C@H]1OCc1ccccc1. The van der Waals surface area contributed by atoms with Crippen LogP contribution in [0.4, 0.5) is 0 Å². The summed E-state index contributed by atoms with van der Waals surface area (Å²) in [5, 5.41) is 11.1. The molecule has 2 aliphatic heterocycles. The topological polar surface area (TPSA) is 211 Å². The number of benzene rings is 3. The van der Waals surface area contributed by atoms with E-state index in [9.17, 15) is 0 Å². The molecule has 10 atom stereocenters. The lowest BCUT2D eigenvalue weighted by molar-refractivity contribution is -0.251. The van der Waals surface area contributed by atoms with Gasteiger partial charge in [-0.1, -0.05) is 106 Å². The molecule has 2 aliphatic rings. The monoisotopic (exact) mass is 729 g/mol. The quantitative estimate of drug-likeness (QED) is 0.0816. The third kappa shape index (κ3) is 12.2. The molecule has 16 nitrogen and oxygen atoms in total. The Bertz CT molecular complexity index is 1640. The maximum atomic E-state index is 8.79. The minimum atomic E-state index is -0.525. The maximum absolute atomic E-state index is 8.79. The van der Waals surface area contributed by atoms with Gasteiger partial charge in [-0.2, -0.15) is 0 Å². The molecule has 0 N–H and O–H groups in total. The zero-order valence-corrected chi connectivity index (χ0v) is 30.4. The Hall–Kier alpha value is -4.69. The van der Waals surface area contributed by atoms with Crippen molar-refractivity contribution < 1.29 is 33.2 Å². The van der Waals surface area contributed by atoms with E-state index in [1.807, 2.05) is 97.9 Å². The molecule has 16 heteroatoms. The number of ether oxygens (including phenoxy) is 7. The van der Waals surface area contributed by atoms with E-state index in [4.69, 9.17) is 49.8 Å². The number of nitrogens with zero attached hydrogens (tertiary/aromatic N) is 9. The van der Waals surface area contributed by atoms with Crippen LogP contribution in [0, 0.1) is 0 Å². The molecular weight excluding hydrogens is 682 g/mol. The molecule has 3 aromatic rings. The normalized spacial score (nSPS) is 27.8. The Morgan fingerprint density at radius 2 is 0.925 bits per heavy atom. The molecule has 0 aromatic heterocycles. The third-order valence-electron chi connectivity index (χ3n) is 9.00. The van der Waals surface area contributed by atoms with Crippen molar-refractivity contribution in [2.24, 2.45) is 15.3 Å². The van der Waals surface area contributed by atoms with E-state index in [-0.39, 0.29) is 37.5 Å². The molecule has 5 rings (SSSR count). The Balaban J connectivity index is 0.000000241. The summed E-state index contributed by atoms with van der Waals surface area (Å²) in [6, 6.07) is 29.0. The molecule has 53 heavy (non-hydrogen) atoms. The largest absolute Gasteiger partial charge is 0.378 e. The van der Waals surface area contributed by atoms with Crippen molar-refractivity contribution in [3.8, 4) is 0 Å². The van der Waals surface area contributed by atoms with Gasteiger partial charge in [0.2, 0.25) is 0 Å². The summed E-state index contributed by atoms with van der Waals surface area (Å²) in [5.41, 5.74) is 29.2. The lowest BCUT2D eigenvalue weighted by Gasteiger charge is -2.44. The van der Waals surface area contributed by atoms with Crippen molar-refractivity contribution in [2.75, 3.05) is 27.3 Å². The molecule has 0 unspecified atom stereocenters. The molecule has 0 spiro atoms. The van der Waals surface area contributed by atoms with Gasteiger partial charge in [0.25, 0.3) is 0 Å². The average molecular weight is 730 g/mol. The summed E-state index contributed by atoms with van der Waals surface area (Å²) in [4.78, 5) is 8.53. The molecule has 2 heterocycles. The minimum Gasteiger partial charge on any atom is -0.378 e. The second-order valence-corrected chi connectivity index (χ2v) is 12.5. The van der Waals surface area contributed by atoms with Crippen molar-refractivity contribution in [3.63, 3.8) is 0 Å². The number of azide groups is 3. The van der Waals surface area contributed by atoms with Gasteiger partial charge in [-0.15, -0.1) is 0 Å². The summed E-state index contributed by atoms with van der Waals surface area (Å²) in [5.74, 6) is 0. The van der Waals surface area contributed by atoms with Crippen molar-refractivity contribution >= 4 is 0 Å². The van der Waals surface area contributed by atoms with E-state index in [0.717, 1.165) is 16.7 Å². The fraction of sp³-hybridized carbons (Fsp3) is 0.514. The fourth-order valence-corrected chi connectivity index (χ4v) is 6.43. The van der Waals surface area contributed by atoms with Gasteiger partial charge in [0.1, 0.15) is 24.4 Å². The molecule has 2 fully saturated rings. The highest BCUT2D eigenvalue weighted by Gasteiger charge is 2.46. The first kappa shape index (κ1) is 41.1. The second kappa shape index (κ2) is 22.4. The highest BCUT2D eigenvalue weighted by atomic mass is 16.6. The van der Waals surface area contributed by atoms with Crippen molar-refractivity contribution in [3.05, 3.63) is 139 Å². The summed E-state index contributed by atoms with van der Waals surface area (Å²) in [6.45, 7) is 5.22. The highest BCUT2D eigenvalue weighted by molar-refractivity contribution is 5.15. The van der Waals surface area contributed by atoms with Gasteiger partial charge in [-0.05, 0) is 47.1 Å². The third-order valence-corrected chi connectivity index (χ3v) is 9.00. The predicted molar refractivity (Wildman–Crippen MR) is 196 cm³/mol. The van der Waals surface area contributed by atoms with Crippen LogP contribution in [0.25, 0.3) is 31.3 Å². The highest BCUT2D eigenvalue weighted by Crippen LogP contribution is 2.30. The summed E-state index contributed by atoms with van der Waals surface area (Å²) < 4.78 is 41.7. The zero-order valence-electron chi connectivity index (χ0n) is 30.4. The second-order valence-electron chi connectivity index (χ2n) is 12.5. The maximum Gasteiger partial charge on any atom is 0.114 e. The summed E-state index contributed by atoms with van der Waals surface area (Å²) in [6.07, 6.45) is -3.61. The number of hydrogen-bond acceptors (Lipinski definition) is 10. The van der Waals surface area contributed by atoms with Gasteiger partial charge in [0.15, 0.2) is 0 Å². The van der Waals surface area contributed by atoms with Crippen LogP contribution < -0.4 is 0 Å². The van der Waals surface area contributed by atoms with Gasteiger partial charge in [0, 0.05) is 29.0 Å². The molecule has 3 aromatic carbocycles. The molecule has 0 radical (unpaired) electrons. The Labute approximate surface area is 309 Å². The van der Waals surface area contributed by atoms with Crippen LogP contribution in [0.1, 0.15) is 30.5 Å². The Kier molecular flexibility index (Phi) is 17.4. The van der Waals surface area contributed by atoms with Crippen LogP contribution in [0.2, 0.25) is 0 Å². The number of rotatable bonds is 16. The van der Waals surface area contributed by atoms with Crippen LogP contribution in [0.15, 0.2) is 106 Å². The van der Waals surface area contributed by atoms with Crippen molar-refractivity contribution in [2.45, 2.75) is 94.6 Å². The van der Waals surface area contributed by atoms with Crippen LogP contribution in [-0.2, 0) is 53.0 Å². The van der Waals surface area contributed by atoms with E-state index < -0.39 is 36.6 Å². The molecule has 0 saturated carbocycles. The Morgan fingerprint density at radius 1 is 0.528 bits per heavy atom. The molecule has 2 saturated heterocycles. The lowest BCUT2D eigenvalue weighted by atomic mass is 9.93. The van der Waals surface area contributed by atoms with Crippen molar-refractivity contribution in [1.82, 2.24) is 0 Å². The van der Waals surface area contributed by atoms with Gasteiger partial charge < -0.3 is 33.2 Å². The van der Waals surface area contributed by atoms with Crippen LogP contribution >= 0.6 is 0 Å². The molecule has 0 aliphatic carbocycles. The van der Waals surface area contributed by atoms with E-state index in [1.165, 1.54) is 7.11 Å². The minimum absolute atomic E-state index is 0.114. The van der Waals surface area contributed by atoms with Crippen LogP contribution in [-0.4, -0.2) is 88.3 Å². The van der Waals surface area contributed by atoms with Gasteiger partial charge >= 0.3 is 0 Å². The first-order valence-corrected chi connectivity index (χ1v) is 17.3. The van der Waals surface area contributed by atoms with E-state index in [1.54, 1.807) is 14.0 Å². The molecule has 282 valence electrons. The van der Waals surface area contributed by atoms with Gasteiger partial charge in [0.05, 0.1) is 69.5 Å². The molecule has 0 bridgehead atoms. The van der Waals surface area contributed by atoms with Crippen LogP contribution in [0.3, 0.4) is 0 Å². The van der Waals surface area contributed by atoms with Crippen molar-refractivity contribution in [1.29, 1.82) is 0 Å². The summed E-state index contributed by atoms with van der Waals surface area (Å²) >= 11 is 0. The molecular formula is C37H47N9O7. The fourth-order valence-electron chi connectivity index (χ4n) is 6.43. The van der Waals surface area contributed by atoms with E-state index in [0.29, 0.717) is 19.8 Å². The van der Waals surface area contributed by atoms with E-state index >= 15 is 0 Å². The Morgan fingerprint density at radius 3 is 1.32 bits per heavy atom. The number of methoxy groups -OCH3 is 2. The van der Waals surface area contributed by atoms with Crippen LogP contribution in [0.5, 0.6) is 0 Å². The zero-order chi connectivity index (χ0) is 37.8.